The summed E-state index contributed by atoms with van der Waals surface area (Å²) in [5.41, 5.74) is 5.48. The SMILES string of the molecule is Cc1ccc(N=C2S/C(=C\c3ccc(OCc4ccccc4Cl)c(Cl)c3)C(=O)N2c2ccc(C)cc2)cc1. The van der Waals surface area contributed by atoms with Gasteiger partial charge in [0.05, 0.1) is 21.3 Å². The number of amidine groups is 1. The lowest BCUT2D eigenvalue weighted by Crippen LogP contribution is -2.28. The maximum Gasteiger partial charge on any atom is 0.271 e. The lowest BCUT2D eigenvalue weighted by molar-refractivity contribution is -0.113. The van der Waals surface area contributed by atoms with Gasteiger partial charge in [0.1, 0.15) is 12.4 Å². The Hall–Kier alpha value is -3.51. The molecule has 38 heavy (non-hydrogen) atoms. The van der Waals surface area contributed by atoms with Gasteiger partial charge in [0.2, 0.25) is 0 Å². The van der Waals surface area contributed by atoms with Crippen LogP contribution in [0.5, 0.6) is 5.75 Å². The largest absolute Gasteiger partial charge is 0.487 e. The van der Waals surface area contributed by atoms with Crippen LogP contribution in [0.2, 0.25) is 10.0 Å². The summed E-state index contributed by atoms with van der Waals surface area (Å²) in [6.07, 6.45) is 1.83. The molecule has 0 radical (unpaired) electrons. The number of hydrogen-bond donors (Lipinski definition) is 0. The summed E-state index contributed by atoms with van der Waals surface area (Å²) in [5.74, 6) is 0.405. The number of hydrogen-bond acceptors (Lipinski definition) is 4. The monoisotopic (exact) mass is 558 g/mol. The molecule has 4 aromatic carbocycles. The predicted octanol–water partition coefficient (Wildman–Crippen LogP) is 9.00. The third-order valence-corrected chi connectivity index (χ3v) is 7.58. The van der Waals surface area contributed by atoms with Gasteiger partial charge in [-0.25, -0.2) is 4.99 Å². The summed E-state index contributed by atoms with van der Waals surface area (Å²) in [7, 11) is 0. The molecule has 0 N–H and O–H groups in total. The molecule has 7 heteroatoms. The first-order valence-electron chi connectivity index (χ1n) is 12.0. The molecule has 4 nitrogen and oxygen atoms in total. The van der Waals surface area contributed by atoms with Gasteiger partial charge in [-0.15, -0.1) is 0 Å². The zero-order chi connectivity index (χ0) is 26.6. The summed E-state index contributed by atoms with van der Waals surface area (Å²) >= 11 is 14.1. The molecule has 0 spiro atoms. The minimum absolute atomic E-state index is 0.139. The Labute approximate surface area is 236 Å². The zero-order valence-electron chi connectivity index (χ0n) is 20.8. The van der Waals surface area contributed by atoms with Gasteiger partial charge in [-0.2, -0.15) is 0 Å². The number of benzene rings is 4. The molecule has 0 unspecified atom stereocenters. The van der Waals surface area contributed by atoms with Crippen LogP contribution < -0.4 is 9.64 Å². The minimum Gasteiger partial charge on any atom is -0.487 e. The van der Waals surface area contributed by atoms with Gasteiger partial charge in [-0.05, 0) is 79.7 Å². The highest BCUT2D eigenvalue weighted by molar-refractivity contribution is 8.19. The Bertz CT molecular complexity index is 1550. The maximum atomic E-state index is 13.6. The molecule has 1 heterocycles. The third kappa shape index (κ3) is 5.97. The van der Waals surface area contributed by atoms with Gasteiger partial charge < -0.3 is 4.74 Å². The minimum atomic E-state index is -0.139. The lowest BCUT2D eigenvalue weighted by atomic mass is 10.2. The van der Waals surface area contributed by atoms with E-state index >= 15 is 0 Å². The number of rotatable bonds is 6. The number of carbonyl (C=O) groups excluding carboxylic acids is 1. The first-order chi connectivity index (χ1) is 18.4. The fourth-order valence-corrected chi connectivity index (χ4v) is 5.28. The summed E-state index contributed by atoms with van der Waals surface area (Å²) in [5, 5.41) is 1.69. The van der Waals surface area contributed by atoms with E-state index in [1.54, 1.807) is 17.0 Å². The zero-order valence-corrected chi connectivity index (χ0v) is 23.1. The molecular weight excluding hydrogens is 535 g/mol. The van der Waals surface area contributed by atoms with Gasteiger partial charge in [0.15, 0.2) is 5.17 Å². The van der Waals surface area contributed by atoms with Gasteiger partial charge in [-0.3, -0.25) is 9.69 Å². The van der Waals surface area contributed by atoms with Crippen molar-refractivity contribution in [3.63, 3.8) is 0 Å². The fraction of sp³-hybridized carbons (Fsp3) is 0.0968. The van der Waals surface area contributed by atoms with Crippen molar-refractivity contribution in [1.29, 1.82) is 0 Å². The van der Waals surface area contributed by atoms with Crippen molar-refractivity contribution in [2.24, 2.45) is 4.99 Å². The van der Waals surface area contributed by atoms with Crippen molar-refractivity contribution in [3.05, 3.63) is 128 Å². The van der Waals surface area contributed by atoms with Crippen molar-refractivity contribution in [1.82, 2.24) is 0 Å². The van der Waals surface area contributed by atoms with E-state index in [1.807, 2.05) is 98.8 Å². The Balaban J connectivity index is 1.42. The highest BCUT2D eigenvalue weighted by Gasteiger charge is 2.34. The van der Waals surface area contributed by atoms with Gasteiger partial charge >= 0.3 is 0 Å². The van der Waals surface area contributed by atoms with Crippen LogP contribution in [0.4, 0.5) is 11.4 Å². The third-order valence-electron chi connectivity index (χ3n) is 5.95. The van der Waals surface area contributed by atoms with Crippen molar-refractivity contribution < 1.29 is 9.53 Å². The van der Waals surface area contributed by atoms with Crippen molar-refractivity contribution >= 4 is 63.5 Å². The second-order valence-corrected chi connectivity index (χ2v) is 10.7. The molecule has 1 amide bonds. The van der Waals surface area contributed by atoms with Crippen LogP contribution in [0.3, 0.4) is 0 Å². The molecule has 0 bridgehead atoms. The molecule has 1 aliphatic heterocycles. The van der Waals surface area contributed by atoms with E-state index in [0.29, 0.717) is 32.5 Å². The number of amides is 1. The molecule has 0 aromatic heterocycles. The van der Waals surface area contributed by atoms with Crippen LogP contribution in [-0.4, -0.2) is 11.1 Å². The molecule has 0 saturated carbocycles. The summed E-state index contributed by atoms with van der Waals surface area (Å²) in [6, 6.07) is 28.7. The smallest absolute Gasteiger partial charge is 0.271 e. The van der Waals surface area contributed by atoms with Crippen molar-refractivity contribution in [3.8, 4) is 5.75 Å². The summed E-state index contributed by atoms with van der Waals surface area (Å²) < 4.78 is 5.89. The van der Waals surface area contributed by atoms with Crippen LogP contribution in [0, 0.1) is 13.8 Å². The maximum absolute atomic E-state index is 13.6. The van der Waals surface area contributed by atoms with Crippen LogP contribution in [-0.2, 0) is 11.4 Å². The van der Waals surface area contributed by atoms with Crippen LogP contribution in [0.25, 0.3) is 6.08 Å². The lowest BCUT2D eigenvalue weighted by Gasteiger charge is -2.16. The molecule has 4 aromatic rings. The van der Waals surface area contributed by atoms with Crippen LogP contribution >= 0.6 is 35.0 Å². The average molecular weight is 560 g/mol. The van der Waals surface area contributed by atoms with E-state index < -0.39 is 0 Å². The second kappa shape index (κ2) is 11.5. The molecule has 5 rings (SSSR count). The molecule has 1 aliphatic rings. The van der Waals surface area contributed by atoms with E-state index in [1.165, 1.54) is 11.8 Å². The second-order valence-electron chi connectivity index (χ2n) is 8.89. The quantitative estimate of drug-likeness (QED) is 0.222. The molecule has 0 atom stereocenters. The Kier molecular flexibility index (Phi) is 7.89. The Morgan fingerprint density at radius 1 is 0.868 bits per heavy atom. The normalized spacial score (nSPS) is 15.5. The Morgan fingerprint density at radius 3 is 2.24 bits per heavy atom. The number of carbonyl (C=O) groups is 1. The average Bonchev–Trinajstić information content (AvgIpc) is 3.20. The van der Waals surface area contributed by atoms with Crippen molar-refractivity contribution in [2.75, 3.05) is 4.90 Å². The summed E-state index contributed by atoms with van der Waals surface area (Å²) in [4.78, 5) is 20.6. The number of aryl methyl sites for hydroxylation is 2. The van der Waals surface area contributed by atoms with E-state index in [2.05, 4.69) is 0 Å². The predicted molar refractivity (Wildman–Crippen MR) is 160 cm³/mol. The highest BCUT2D eigenvalue weighted by Crippen LogP contribution is 2.38. The standard InChI is InChI=1S/C31H24Cl2N2O2S/c1-20-7-12-24(13-8-20)34-31-35(25-14-9-21(2)10-15-25)30(36)29(38-31)18-22-11-16-28(27(33)17-22)37-19-23-5-3-4-6-26(23)32/h3-18H,19H2,1-2H3/b29-18-,34-31?. The van der Waals surface area contributed by atoms with E-state index in [4.69, 9.17) is 32.9 Å². The molecule has 1 saturated heterocycles. The molecule has 0 aliphatic carbocycles. The van der Waals surface area contributed by atoms with Gasteiger partial charge in [0, 0.05) is 10.6 Å². The van der Waals surface area contributed by atoms with Crippen LogP contribution in [0.15, 0.2) is 101 Å². The van der Waals surface area contributed by atoms with Gasteiger partial charge in [-0.1, -0.05) is 82.9 Å². The molecular formula is C31H24Cl2N2O2S. The topological polar surface area (TPSA) is 41.9 Å². The molecule has 190 valence electrons. The van der Waals surface area contributed by atoms with Crippen molar-refractivity contribution in [2.45, 2.75) is 20.5 Å². The number of thioether (sulfide) groups is 1. The highest BCUT2D eigenvalue weighted by atomic mass is 35.5. The number of anilines is 1. The van der Waals surface area contributed by atoms with Crippen LogP contribution in [0.1, 0.15) is 22.3 Å². The Morgan fingerprint density at radius 2 is 1.55 bits per heavy atom. The first kappa shape index (κ1) is 26.1. The van der Waals surface area contributed by atoms with E-state index in [0.717, 1.165) is 33.6 Å². The van der Waals surface area contributed by atoms with E-state index in [9.17, 15) is 4.79 Å². The number of aliphatic imine (C=N–C) groups is 1. The number of halogens is 2. The summed E-state index contributed by atoms with van der Waals surface area (Å²) in [6.45, 7) is 4.35. The number of nitrogens with zero attached hydrogens (tertiary/aromatic N) is 2. The number of ether oxygens (including phenoxy) is 1. The molecule has 1 fully saturated rings. The fourth-order valence-electron chi connectivity index (χ4n) is 3.85. The first-order valence-corrected chi connectivity index (χ1v) is 13.6. The van der Waals surface area contributed by atoms with E-state index in [-0.39, 0.29) is 5.91 Å². The van der Waals surface area contributed by atoms with Gasteiger partial charge in [0.25, 0.3) is 5.91 Å².